The number of aliphatic hydroxyl groups is 10. The molecule has 0 aromatic carbocycles. The molecule has 11 N–H and O–H groups in total. The fourth-order valence-corrected chi connectivity index (χ4v) is 14.9. The van der Waals surface area contributed by atoms with Crippen molar-refractivity contribution in [2.45, 2.75) is 204 Å². The Balaban J connectivity index is 1.08. The Hall–Kier alpha value is -1.76. The summed E-state index contributed by atoms with van der Waals surface area (Å²) in [6, 6.07) is 0. The highest BCUT2D eigenvalue weighted by molar-refractivity contribution is 5.87. The summed E-state index contributed by atoms with van der Waals surface area (Å²) in [5.41, 5.74) is -0.597. The van der Waals surface area contributed by atoms with Crippen LogP contribution in [0.2, 0.25) is 0 Å². The lowest BCUT2D eigenvalue weighted by Crippen LogP contribution is -2.68. The zero-order valence-electron chi connectivity index (χ0n) is 39.7. The number of rotatable bonds is 10. The highest BCUT2D eigenvalue weighted by Crippen LogP contribution is 2.75. The number of aliphatic carboxylic acids is 1. The molecule has 67 heavy (non-hydrogen) atoms. The molecule has 382 valence electrons. The zero-order valence-corrected chi connectivity index (χ0v) is 39.7. The van der Waals surface area contributed by atoms with Gasteiger partial charge in [0.2, 0.25) is 0 Å². The Bertz CT molecular complexity index is 1880. The van der Waals surface area contributed by atoms with Gasteiger partial charge in [-0.1, -0.05) is 60.1 Å². The maximum Gasteiger partial charge on any atom is 0.335 e. The van der Waals surface area contributed by atoms with Gasteiger partial charge in [-0.25, -0.2) is 4.79 Å². The van der Waals surface area contributed by atoms with E-state index in [1.807, 2.05) is 6.92 Å². The van der Waals surface area contributed by atoms with Crippen LogP contribution in [0.1, 0.15) is 106 Å². The lowest BCUT2D eigenvalue weighted by atomic mass is 9.33. The number of carbonyl (C=O) groups excluding carboxylic acids is 1. The number of carbonyl (C=O) groups is 2. The maximum absolute atomic E-state index is 13.8. The van der Waals surface area contributed by atoms with Crippen molar-refractivity contribution in [1.82, 2.24) is 0 Å². The maximum atomic E-state index is 13.8. The van der Waals surface area contributed by atoms with Gasteiger partial charge in [0, 0.05) is 17.3 Å². The van der Waals surface area contributed by atoms with E-state index in [2.05, 4.69) is 47.6 Å². The number of Topliss-reactive ketones (excluding diaryl/α,β-unsaturated/α-hetero) is 1. The molecule has 0 amide bonds. The number of fused-ring (bicyclic) bond motifs is 7. The van der Waals surface area contributed by atoms with Gasteiger partial charge in [-0.15, -0.1) is 0 Å². The summed E-state index contributed by atoms with van der Waals surface area (Å²) < 4.78 is 35.9. The number of aliphatic hydroxyl groups excluding tert-OH is 10. The molecule has 8 aliphatic rings. The van der Waals surface area contributed by atoms with E-state index in [4.69, 9.17) is 28.4 Å². The van der Waals surface area contributed by atoms with Crippen molar-refractivity contribution in [3.8, 4) is 0 Å². The number of ether oxygens (including phenoxy) is 6. The summed E-state index contributed by atoms with van der Waals surface area (Å²) >= 11 is 0. The van der Waals surface area contributed by atoms with Crippen LogP contribution in [-0.2, 0) is 38.0 Å². The quantitative estimate of drug-likeness (QED) is 0.101. The predicted molar refractivity (Wildman–Crippen MR) is 231 cm³/mol. The Morgan fingerprint density at radius 3 is 1.87 bits per heavy atom. The molecule has 0 radical (unpaired) electrons. The van der Waals surface area contributed by atoms with E-state index in [1.165, 1.54) is 5.57 Å². The summed E-state index contributed by atoms with van der Waals surface area (Å²) in [4.78, 5) is 26.3. The van der Waals surface area contributed by atoms with E-state index in [0.29, 0.717) is 25.0 Å². The van der Waals surface area contributed by atoms with Crippen LogP contribution in [0.15, 0.2) is 11.6 Å². The molecule has 19 heteroatoms. The second kappa shape index (κ2) is 18.1. The number of hydrogen-bond acceptors (Lipinski definition) is 18. The molecule has 7 fully saturated rings. The lowest BCUT2D eigenvalue weighted by molar-refractivity contribution is -0.397. The molecule has 19 nitrogen and oxygen atoms in total. The number of allylic oxidation sites excluding steroid dienone is 2. The Morgan fingerprint density at radius 1 is 0.672 bits per heavy atom. The molecule has 3 heterocycles. The van der Waals surface area contributed by atoms with Crippen molar-refractivity contribution in [3.05, 3.63) is 11.6 Å². The summed E-state index contributed by atoms with van der Waals surface area (Å²) in [6.45, 7) is 13.7. The highest BCUT2D eigenvalue weighted by atomic mass is 16.8. The third-order valence-corrected chi connectivity index (χ3v) is 19.3. The van der Waals surface area contributed by atoms with Gasteiger partial charge in [-0.3, -0.25) is 4.79 Å². The van der Waals surface area contributed by atoms with Crippen LogP contribution in [0.25, 0.3) is 0 Å². The summed E-state index contributed by atoms with van der Waals surface area (Å²) in [5, 5.41) is 118. The van der Waals surface area contributed by atoms with Gasteiger partial charge >= 0.3 is 5.97 Å². The largest absolute Gasteiger partial charge is 0.479 e. The smallest absolute Gasteiger partial charge is 0.335 e. The molecule has 0 aromatic heterocycles. The minimum atomic E-state index is -2.10. The van der Waals surface area contributed by atoms with Crippen LogP contribution >= 0.6 is 0 Å². The van der Waals surface area contributed by atoms with E-state index < -0.39 is 123 Å². The first-order valence-corrected chi connectivity index (χ1v) is 24.3. The van der Waals surface area contributed by atoms with Gasteiger partial charge in [0.1, 0.15) is 72.9 Å². The molecule has 3 saturated heterocycles. The Labute approximate surface area is 391 Å². The standard InChI is InChI=1S/C48H76O19/c1-43(2)16-22-21-8-9-26-45(4)12-11-28(46(5,20-51)25(45)10-13-48(26,7)47(21,6)15-14-44(22,3)27(52)17-43)64-42-38(34(58)33(57)36(65-42)39(60)61)67-41-37(32(56)30(54)24(19-50)63-41)66-40-35(59)31(55)29(53)23(18-49)62-40/h8,22-26,28-38,40-42,49-51,53-59H,9-20H2,1-7H3,(H,60,61)/t22-,23+,24+,25-,26-,28-,29+,30-,31-,32-,33-,34-,35+,36-,37+,38+,40-,41-,42+,44-,45-,46-,47+,48+/m0/s1. The second-order valence-corrected chi connectivity index (χ2v) is 23.4. The third-order valence-electron chi connectivity index (χ3n) is 19.3. The van der Waals surface area contributed by atoms with Crippen LogP contribution in [0.4, 0.5) is 0 Å². The Morgan fingerprint density at radius 2 is 1.25 bits per heavy atom. The topological polar surface area (TPSA) is 312 Å². The molecule has 0 unspecified atom stereocenters. The molecule has 5 aliphatic carbocycles. The average molecular weight is 957 g/mol. The fourth-order valence-electron chi connectivity index (χ4n) is 14.9. The molecule has 24 atom stereocenters. The average Bonchev–Trinajstić information content (AvgIpc) is 3.27. The van der Waals surface area contributed by atoms with E-state index >= 15 is 0 Å². The van der Waals surface area contributed by atoms with Crippen molar-refractivity contribution >= 4 is 11.8 Å². The van der Waals surface area contributed by atoms with Crippen molar-refractivity contribution in [3.63, 3.8) is 0 Å². The summed E-state index contributed by atoms with van der Waals surface area (Å²) in [7, 11) is 0. The molecule has 0 spiro atoms. The molecular weight excluding hydrogens is 881 g/mol. The molecule has 8 rings (SSSR count). The molecule has 0 bridgehead atoms. The van der Waals surface area contributed by atoms with E-state index in [0.717, 1.165) is 38.5 Å². The lowest BCUT2D eigenvalue weighted by Gasteiger charge is -2.71. The summed E-state index contributed by atoms with van der Waals surface area (Å²) in [5.74, 6) is -0.996. The number of hydrogen-bond donors (Lipinski definition) is 11. The van der Waals surface area contributed by atoms with Crippen LogP contribution in [0.5, 0.6) is 0 Å². The zero-order chi connectivity index (χ0) is 49.1. The molecular formula is C48H76O19. The first kappa shape index (κ1) is 51.6. The molecule has 0 aromatic rings. The van der Waals surface area contributed by atoms with Crippen LogP contribution < -0.4 is 0 Å². The van der Waals surface area contributed by atoms with Crippen molar-refractivity contribution in [1.29, 1.82) is 0 Å². The van der Waals surface area contributed by atoms with Gasteiger partial charge in [0.15, 0.2) is 25.0 Å². The van der Waals surface area contributed by atoms with Crippen molar-refractivity contribution in [2.75, 3.05) is 19.8 Å². The molecule has 4 saturated carbocycles. The SMILES string of the molecule is CC1(C)CC(=O)[C@@]2(C)CC[C@]3(C)C(=CC[C@H]4[C@@]5(C)CC[C@H](O[C@@H]6O[C@H](C(=O)O)[C@@H](O)[C@H](O)[C@H]6O[C@@H]6O[C@H](CO)[C@H](O)[C@H](O)[C@H]6O[C@@H]6O[C@H](CO)[C@@H](O)[C@H](O)[C@H]6O)[C@@](C)(CO)[C@H]5CC[C@]43C)[C@@H]2C1. The van der Waals surface area contributed by atoms with Gasteiger partial charge < -0.3 is 84.6 Å². The van der Waals surface area contributed by atoms with Gasteiger partial charge in [-0.2, -0.15) is 0 Å². The first-order valence-electron chi connectivity index (χ1n) is 24.3. The Kier molecular flexibility index (Phi) is 13.9. The number of carboxylic acid groups (broad SMARTS) is 1. The third kappa shape index (κ3) is 8.01. The monoisotopic (exact) mass is 956 g/mol. The number of ketones is 1. The normalized spacial score (nSPS) is 54.2. The van der Waals surface area contributed by atoms with Crippen molar-refractivity contribution < 1.29 is 94.2 Å². The first-order chi connectivity index (χ1) is 31.3. The minimum Gasteiger partial charge on any atom is -0.479 e. The van der Waals surface area contributed by atoms with Crippen LogP contribution in [0, 0.1) is 50.2 Å². The predicted octanol–water partition coefficient (Wildman–Crippen LogP) is -0.115. The van der Waals surface area contributed by atoms with Gasteiger partial charge in [0.25, 0.3) is 0 Å². The fraction of sp³-hybridized carbons (Fsp3) is 0.917. The van der Waals surface area contributed by atoms with E-state index in [1.54, 1.807) is 0 Å². The molecule has 3 aliphatic heterocycles. The minimum absolute atomic E-state index is 0.0909. The van der Waals surface area contributed by atoms with E-state index in [-0.39, 0.29) is 51.4 Å². The van der Waals surface area contributed by atoms with Gasteiger partial charge in [-0.05, 0) is 90.8 Å². The summed E-state index contributed by atoms with van der Waals surface area (Å²) in [6.07, 6.45) is -19.5. The van der Waals surface area contributed by atoms with Crippen molar-refractivity contribution in [2.24, 2.45) is 50.2 Å². The van der Waals surface area contributed by atoms with Gasteiger partial charge in [0.05, 0.1) is 25.9 Å². The number of carboxylic acids is 1. The highest BCUT2D eigenvalue weighted by Gasteiger charge is 2.70. The van der Waals surface area contributed by atoms with Crippen LogP contribution in [-0.4, -0.2) is 186 Å². The van der Waals surface area contributed by atoms with E-state index in [9.17, 15) is 65.8 Å². The second-order valence-electron chi connectivity index (χ2n) is 23.4. The van der Waals surface area contributed by atoms with Crippen LogP contribution in [0.3, 0.4) is 0 Å².